The van der Waals surface area contributed by atoms with E-state index in [9.17, 15) is 9.50 Å². The van der Waals surface area contributed by atoms with Gasteiger partial charge < -0.3 is 10.4 Å². The van der Waals surface area contributed by atoms with Gasteiger partial charge in [0.1, 0.15) is 11.6 Å². The summed E-state index contributed by atoms with van der Waals surface area (Å²) in [7, 11) is 0. The molecular formula is C15H15ClFNO. The Hall–Kier alpha value is -1.74. The minimum atomic E-state index is -0.371. The third kappa shape index (κ3) is 3.38. The van der Waals surface area contributed by atoms with Gasteiger partial charge >= 0.3 is 0 Å². The maximum atomic E-state index is 13.7. The molecule has 0 saturated heterocycles. The molecule has 0 aliphatic carbocycles. The van der Waals surface area contributed by atoms with Crippen LogP contribution in [0.3, 0.4) is 0 Å². The second kappa shape index (κ2) is 5.93. The van der Waals surface area contributed by atoms with Crippen LogP contribution in [0.2, 0.25) is 5.02 Å². The van der Waals surface area contributed by atoms with E-state index in [2.05, 4.69) is 5.32 Å². The van der Waals surface area contributed by atoms with Crippen LogP contribution in [0.25, 0.3) is 0 Å². The molecule has 0 saturated carbocycles. The van der Waals surface area contributed by atoms with Crippen LogP contribution in [-0.4, -0.2) is 5.11 Å². The zero-order chi connectivity index (χ0) is 13.8. The third-order valence-corrected chi connectivity index (χ3v) is 3.20. The molecule has 0 spiro atoms. The maximum Gasteiger partial charge on any atom is 0.147 e. The summed E-state index contributed by atoms with van der Waals surface area (Å²) < 4.78 is 13.7. The quantitative estimate of drug-likeness (QED) is 0.846. The molecule has 19 heavy (non-hydrogen) atoms. The predicted octanol–water partition coefficient (Wildman–Crippen LogP) is 4.75. The van der Waals surface area contributed by atoms with Gasteiger partial charge in [0.25, 0.3) is 0 Å². The number of rotatable bonds is 4. The zero-order valence-electron chi connectivity index (χ0n) is 10.5. The van der Waals surface area contributed by atoms with Crippen molar-refractivity contribution in [2.45, 2.75) is 19.4 Å². The number of phenols is 1. The van der Waals surface area contributed by atoms with Crippen LogP contribution in [0.5, 0.6) is 5.75 Å². The Morgan fingerprint density at radius 1 is 1.21 bits per heavy atom. The fourth-order valence-corrected chi connectivity index (χ4v) is 2.08. The lowest BCUT2D eigenvalue weighted by Gasteiger charge is -2.19. The second-order valence-electron chi connectivity index (χ2n) is 4.32. The van der Waals surface area contributed by atoms with Crippen LogP contribution in [0.1, 0.15) is 24.9 Å². The third-order valence-electron chi connectivity index (χ3n) is 2.96. The van der Waals surface area contributed by atoms with E-state index in [4.69, 9.17) is 11.6 Å². The van der Waals surface area contributed by atoms with Crippen LogP contribution in [0.4, 0.5) is 10.1 Å². The van der Waals surface area contributed by atoms with E-state index >= 15 is 0 Å². The Bertz CT molecular complexity index is 557. The first-order valence-electron chi connectivity index (χ1n) is 6.10. The normalized spacial score (nSPS) is 12.2. The second-order valence-corrected chi connectivity index (χ2v) is 4.76. The maximum absolute atomic E-state index is 13.7. The van der Waals surface area contributed by atoms with Crippen molar-refractivity contribution < 1.29 is 9.50 Å². The highest BCUT2D eigenvalue weighted by Gasteiger charge is 2.11. The highest BCUT2D eigenvalue weighted by atomic mass is 35.5. The molecule has 0 radical (unpaired) electrons. The van der Waals surface area contributed by atoms with E-state index in [1.807, 2.05) is 19.1 Å². The van der Waals surface area contributed by atoms with E-state index in [-0.39, 0.29) is 17.6 Å². The summed E-state index contributed by atoms with van der Waals surface area (Å²) >= 11 is 5.73. The van der Waals surface area contributed by atoms with Crippen LogP contribution >= 0.6 is 11.6 Å². The van der Waals surface area contributed by atoms with Gasteiger partial charge in [-0.25, -0.2) is 4.39 Å². The minimum absolute atomic E-state index is 0.0173. The average molecular weight is 280 g/mol. The van der Waals surface area contributed by atoms with Crippen molar-refractivity contribution in [3.8, 4) is 5.75 Å². The van der Waals surface area contributed by atoms with Gasteiger partial charge in [0.2, 0.25) is 0 Å². The first kappa shape index (κ1) is 13.7. The molecule has 0 aliphatic rings. The zero-order valence-corrected chi connectivity index (χ0v) is 11.3. The number of halogens is 2. The van der Waals surface area contributed by atoms with Crippen LogP contribution in [0, 0.1) is 5.82 Å². The summed E-state index contributed by atoms with van der Waals surface area (Å²) in [6, 6.07) is 11.4. The molecule has 2 nitrogen and oxygen atoms in total. The summed E-state index contributed by atoms with van der Waals surface area (Å²) in [4.78, 5) is 0. The van der Waals surface area contributed by atoms with E-state index in [0.717, 1.165) is 12.0 Å². The van der Waals surface area contributed by atoms with Gasteiger partial charge in [0, 0.05) is 5.02 Å². The Morgan fingerprint density at radius 2 is 1.89 bits per heavy atom. The highest BCUT2D eigenvalue weighted by Crippen LogP contribution is 2.27. The SMILES string of the molecule is CCC(Nc1ccc(Cl)cc1F)c1ccc(O)cc1. The topological polar surface area (TPSA) is 32.3 Å². The number of phenolic OH excluding ortho intramolecular Hbond substituents is 1. The standard InChI is InChI=1S/C15H15ClFNO/c1-2-14(10-3-6-12(19)7-4-10)18-15-8-5-11(16)9-13(15)17/h3-9,14,18-19H,2H2,1H3. The molecule has 0 amide bonds. The molecule has 0 aromatic heterocycles. The lowest BCUT2D eigenvalue weighted by Crippen LogP contribution is -2.10. The minimum Gasteiger partial charge on any atom is -0.508 e. The van der Waals surface area contributed by atoms with Crippen LogP contribution in [-0.2, 0) is 0 Å². The van der Waals surface area contributed by atoms with Crippen molar-refractivity contribution in [2.24, 2.45) is 0 Å². The summed E-state index contributed by atoms with van der Waals surface area (Å²) in [5.74, 6) is -0.152. The lowest BCUT2D eigenvalue weighted by molar-refractivity contribution is 0.475. The Kier molecular flexibility index (Phi) is 4.27. The first-order chi connectivity index (χ1) is 9.10. The number of hydrogen-bond donors (Lipinski definition) is 2. The number of nitrogens with one attached hydrogen (secondary N) is 1. The average Bonchev–Trinajstić information content (AvgIpc) is 2.39. The van der Waals surface area contributed by atoms with E-state index in [1.165, 1.54) is 6.07 Å². The molecule has 100 valence electrons. The van der Waals surface area contributed by atoms with Gasteiger partial charge in [-0.2, -0.15) is 0 Å². The van der Waals surface area contributed by atoms with Crippen molar-refractivity contribution in [3.05, 3.63) is 58.9 Å². The van der Waals surface area contributed by atoms with Crippen LogP contribution < -0.4 is 5.32 Å². The molecule has 1 unspecified atom stereocenters. The fraction of sp³-hybridized carbons (Fsp3) is 0.200. The molecule has 0 heterocycles. The monoisotopic (exact) mass is 279 g/mol. The predicted molar refractivity (Wildman–Crippen MR) is 76.2 cm³/mol. The van der Waals surface area contributed by atoms with Crippen molar-refractivity contribution in [1.82, 2.24) is 0 Å². The van der Waals surface area contributed by atoms with Crippen LogP contribution in [0.15, 0.2) is 42.5 Å². The fourth-order valence-electron chi connectivity index (χ4n) is 1.92. The van der Waals surface area contributed by atoms with Crippen molar-refractivity contribution in [3.63, 3.8) is 0 Å². The van der Waals surface area contributed by atoms with Gasteiger partial charge in [0.05, 0.1) is 11.7 Å². The van der Waals surface area contributed by atoms with E-state index in [1.54, 1.807) is 24.3 Å². The molecule has 4 heteroatoms. The molecular weight excluding hydrogens is 265 g/mol. The van der Waals surface area contributed by atoms with Crippen molar-refractivity contribution in [1.29, 1.82) is 0 Å². The van der Waals surface area contributed by atoms with E-state index < -0.39 is 0 Å². The van der Waals surface area contributed by atoms with Gasteiger partial charge in [-0.15, -0.1) is 0 Å². The highest BCUT2D eigenvalue weighted by molar-refractivity contribution is 6.30. The molecule has 2 rings (SSSR count). The number of anilines is 1. The largest absolute Gasteiger partial charge is 0.508 e. The van der Waals surface area contributed by atoms with Crippen molar-refractivity contribution in [2.75, 3.05) is 5.32 Å². The molecule has 0 fully saturated rings. The molecule has 0 bridgehead atoms. The van der Waals surface area contributed by atoms with Gasteiger partial charge in [-0.1, -0.05) is 30.7 Å². The Labute approximate surface area is 116 Å². The van der Waals surface area contributed by atoms with Gasteiger partial charge in [-0.3, -0.25) is 0 Å². The molecule has 1 atom stereocenters. The molecule has 0 aliphatic heterocycles. The van der Waals surface area contributed by atoms with Gasteiger partial charge in [-0.05, 0) is 42.3 Å². The first-order valence-corrected chi connectivity index (χ1v) is 6.48. The lowest BCUT2D eigenvalue weighted by atomic mass is 10.0. The molecule has 2 aromatic rings. The number of aromatic hydroxyl groups is 1. The summed E-state index contributed by atoms with van der Waals surface area (Å²) in [6.45, 7) is 2.01. The smallest absolute Gasteiger partial charge is 0.147 e. The van der Waals surface area contributed by atoms with E-state index in [0.29, 0.717) is 10.7 Å². The van der Waals surface area contributed by atoms with Crippen molar-refractivity contribution >= 4 is 17.3 Å². The Morgan fingerprint density at radius 3 is 2.47 bits per heavy atom. The summed E-state index contributed by atoms with van der Waals surface area (Å²) in [5, 5.41) is 12.8. The number of hydrogen-bond acceptors (Lipinski definition) is 2. The van der Waals surface area contributed by atoms with Gasteiger partial charge in [0.15, 0.2) is 0 Å². The summed E-state index contributed by atoms with van der Waals surface area (Å²) in [6.07, 6.45) is 0.798. The Balaban J connectivity index is 2.21. The summed E-state index contributed by atoms with van der Waals surface area (Å²) in [5.41, 5.74) is 1.42. The molecule has 2 aromatic carbocycles. The number of benzene rings is 2. The molecule has 2 N–H and O–H groups in total.